The monoisotopic (exact) mass is 307 g/mol. The molecule has 22 heavy (non-hydrogen) atoms. The Morgan fingerprint density at radius 1 is 1.36 bits per heavy atom. The summed E-state index contributed by atoms with van der Waals surface area (Å²) in [7, 11) is 1.48. The molecule has 2 heterocycles. The number of unbranched alkanes of at least 4 members (excludes halogenated alkanes) is 1. The molecule has 2 rings (SSSR count). The van der Waals surface area contributed by atoms with Gasteiger partial charge in [-0.1, -0.05) is 38.3 Å². The molecule has 0 spiro atoms. The van der Waals surface area contributed by atoms with Crippen molar-refractivity contribution in [2.75, 3.05) is 0 Å². The highest BCUT2D eigenvalue weighted by Gasteiger charge is 2.21. The number of carboxylic acids is 1. The number of hydrogen-bond acceptors (Lipinski definition) is 5. The second-order valence-electron chi connectivity index (χ2n) is 5.62. The van der Waals surface area contributed by atoms with Gasteiger partial charge in [-0.25, -0.2) is 19.0 Å². The fourth-order valence-corrected chi connectivity index (χ4v) is 2.43. The summed E-state index contributed by atoms with van der Waals surface area (Å²) in [6.07, 6.45) is 4.82. The zero-order chi connectivity index (χ0) is 16.3. The van der Waals surface area contributed by atoms with Crippen molar-refractivity contribution in [2.24, 2.45) is 13.0 Å². The minimum absolute atomic E-state index is 0.00631. The number of fused-ring (bicyclic) bond motifs is 1. The van der Waals surface area contributed by atoms with Gasteiger partial charge in [0, 0.05) is 13.5 Å². The first-order valence-corrected chi connectivity index (χ1v) is 7.50. The molecule has 0 aromatic carbocycles. The van der Waals surface area contributed by atoms with Crippen LogP contribution in [0.5, 0.6) is 0 Å². The van der Waals surface area contributed by atoms with Gasteiger partial charge in [0.15, 0.2) is 11.3 Å². The van der Waals surface area contributed by atoms with Crippen molar-refractivity contribution in [1.82, 2.24) is 24.4 Å². The minimum Gasteiger partial charge on any atom is -0.476 e. The number of rotatable bonds is 7. The number of imidazole rings is 1. The van der Waals surface area contributed by atoms with E-state index in [4.69, 9.17) is 0 Å². The van der Waals surface area contributed by atoms with Crippen LogP contribution in [0.3, 0.4) is 0 Å². The smallest absolute Gasteiger partial charge is 0.358 e. The molecule has 8 nitrogen and oxygen atoms in total. The molecule has 0 aliphatic heterocycles. The zero-order valence-corrected chi connectivity index (χ0v) is 13.1. The Hall–Kier alpha value is -2.25. The number of carbonyl (C=O) groups is 1. The molecule has 120 valence electrons. The molecule has 0 aliphatic carbocycles. The van der Waals surface area contributed by atoms with E-state index in [1.165, 1.54) is 11.4 Å². The summed E-state index contributed by atoms with van der Waals surface area (Å²) in [6, 6.07) is 0. The van der Waals surface area contributed by atoms with Gasteiger partial charge in [-0.15, -0.1) is 5.10 Å². The summed E-state index contributed by atoms with van der Waals surface area (Å²) >= 11 is 0. The second-order valence-corrected chi connectivity index (χ2v) is 5.62. The Labute approximate surface area is 127 Å². The van der Waals surface area contributed by atoms with Gasteiger partial charge in [-0.2, -0.15) is 4.68 Å². The average molecular weight is 307 g/mol. The van der Waals surface area contributed by atoms with Crippen molar-refractivity contribution in [2.45, 2.75) is 46.0 Å². The van der Waals surface area contributed by atoms with Gasteiger partial charge in [0.2, 0.25) is 0 Å². The highest BCUT2D eigenvalue weighted by molar-refractivity contribution is 5.92. The lowest BCUT2D eigenvalue weighted by Crippen LogP contribution is -2.29. The van der Waals surface area contributed by atoms with E-state index in [0.29, 0.717) is 18.2 Å². The van der Waals surface area contributed by atoms with Gasteiger partial charge < -0.3 is 5.11 Å². The van der Waals surface area contributed by atoms with Crippen molar-refractivity contribution in [3.63, 3.8) is 0 Å². The Morgan fingerprint density at radius 2 is 2.09 bits per heavy atom. The Morgan fingerprint density at radius 3 is 2.73 bits per heavy atom. The van der Waals surface area contributed by atoms with Crippen molar-refractivity contribution in [3.8, 4) is 0 Å². The summed E-state index contributed by atoms with van der Waals surface area (Å²) in [6.45, 7) is 4.30. The maximum Gasteiger partial charge on any atom is 0.358 e. The predicted octanol–water partition coefficient (Wildman–Crippen LogP) is 1.28. The van der Waals surface area contributed by atoms with E-state index >= 15 is 0 Å². The molecule has 0 aliphatic rings. The molecule has 0 amide bonds. The Bertz CT molecular complexity index is 734. The lowest BCUT2D eigenvalue weighted by atomic mass is 9.99. The molecule has 8 heteroatoms. The van der Waals surface area contributed by atoms with E-state index in [1.807, 2.05) is 0 Å². The molecule has 0 fully saturated rings. The van der Waals surface area contributed by atoms with Crippen LogP contribution in [0.25, 0.3) is 5.65 Å². The molecule has 1 N–H and O–H groups in total. The number of aromatic nitrogens is 5. The summed E-state index contributed by atoms with van der Waals surface area (Å²) in [4.78, 5) is 27.5. The van der Waals surface area contributed by atoms with Crippen molar-refractivity contribution >= 4 is 11.6 Å². The van der Waals surface area contributed by atoms with E-state index in [9.17, 15) is 14.7 Å². The summed E-state index contributed by atoms with van der Waals surface area (Å²) in [5.74, 6) is -0.268. The highest BCUT2D eigenvalue weighted by Crippen LogP contribution is 2.16. The van der Waals surface area contributed by atoms with Crippen LogP contribution in [0.2, 0.25) is 0 Å². The lowest BCUT2D eigenvalue weighted by molar-refractivity contribution is 0.0692. The highest BCUT2D eigenvalue weighted by atomic mass is 16.4. The molecule has 2 aromatic heterocycles. The van der Waals surface area contributed by atoms with E-state index in [-0.39, 0.29) is 11.3 Å². The number of nitrogens with zero attached hydrogens (tertiary/aromatic N) is 5. The molecule has 2 aromatic rings. The number of aromatic carboxylic acids is 1. The Balaban J connectivity index is 2.35. The SMILES string of the molecule is CCCCC(C)CCc1nc(C(=O)O)c2nnn(C)c(=O)n12. The topological polar surface area (TPSA) is 102 Å². The van der Waals surface area contributed by atoms with Crippen LogP contribution >= 0.6 is 0 Å². The van der Waals surface area contributed by atoms with Gasteiger partial charge in [0.05, 0.1) is 0 Å². The van der Waals surface area contributed by atoms with E-state index in [2.05, 4.69) is 29.1 Å². The summed E-state index contributed by atoms with van der Waals surface area (Å²) in [5.41, 5.74) is -0.644. The number of hydrogen-bond donors (Lipinski definition) is 1. The third kappa shape index (κ3) is 3.15. The fraction of sp³-hybridized carbons (Fsp3) is 0.643. The fourth-order valence-electron chi connectivity index (χ4n) is 2.43. The standard InChI is InChI=1S/C14H21N5O3/c1-4-5-6-9(2)7-8-10-15-11(13(20)21)12-16-17-18(3)14(22)19(10)12/h9H,4-8H2,1-3H3,(H,20,21). The largest absolute Gasteiger partial charge is 0.476 e. The number of carboxylic acid groups (broad SMARTS) is 1. The Kier molecular flexibility index (Phi) is 4.89. The normalized spacial score (nSPS) is 12.7. The van der Waals surface area contributed by atoms with E-state index in [1.54, 1.807) is 0 Å². The molecule has 0 saturated heterocycles. The van der Waals surface area contributed by atoms with Crippen molar-refractivity contribution < 1.29 is 9.90 Å². The molecule has 0 radical (unpaired) electrons. The van der Waals surface area contributed by atoms with Crippen LogP contribution in [0.1, 0.15) is 55.8 Å². The van der Waals surface area contributed by atoms with Crippen molar-refractivity contribution in [1.29, 1.82) is 0 Å². The van der Waals surface area contributed by atoms with Gasteiger partial charge in [0.1, 0.15) is 5.82 Å². The lowest BCUT2D eigenvalue weighted by Gasteiger charge is -2.09. The zero-order valence-electron chi connectivity index (χ0n) is 13.1. The third-order valence-electron chi connectivity index (χ3n) is 3.78. The molecule has 0 saturated carbocycles. The van der Waals surface area contributed by atoms with Crippen LogP contribution < -0.4 is 5.69 Å². The quantitative estimate of drug-likeness (QED) is 0.826. The summed E-state index contributed by atoms with van der Waals surface area (Å²) < 4.78 is 2.33. The second kappa shape index (κ2) is 6.67. The number of aryl methyl sites for hydroxylation is 2. The maximum absolute atomic E-state index is 12.2. The first-order chi connectivity index (χ1) is 10.5. The molecule has 1 unspecified atom stereocenters. The van der Waals surface area contributed by atoms with Gasteiger partial charge in [0.25, 0.3) is 0 Å². The van der Waals surface area contributed by atoms with Crippen molar-refractivity contribution in [3.05, 3.63) is 22.0 Å². The minimum atomic E-state index is -1.20. The molecular weight excluding hydrogens is 286 g/mol. The van der Waals surface area contributed by atoms with E-state index < -0.39 is 11.7 Å². The van der Waals surface area contributed by atoms with Crippen LogP contribution in [0.4, 0.5) is 0 Å². The van der Waals surface area contributed by atoms with Gasteiger partial charge in [-0.05, 0) is 12.3 Å². The van der Waals surface area contributed by atoms with Gasteiger partial charge in [-0.3, -0.25) is 0 Å². The molecule has 0 bridgehead atoms. The van der Waals surface area contributed by atoms with Crippen LogP contribution in [-0.4, -0.2) is 35.5 Å². The van der Waals surface area contributed by atoms with Crippen LogP contribution in [-0.2, 0) is 13.5 Å². The third-order valence-corrected chi connectivity index (χ3v) is 3.78. The average Bonchev–Trinajstić information content (AvgIpc) is 2.86. The molecule has 1 atom stereocenters. The first-order valence-electron chi connectivity index (χ1n) is 7.50. The predicted molar refractivity (Wildman–Crippen MR) is 80.0 cm³/mol. The van der Waals surface area contributed by atoms with E-state index in [0.717, 1.165) is 30.4 Å². The maximum atomic E-state index is 12.2. The van der Waals surface area contributed by atoms with Gasteiger partial charge >= 0.3 is 11.7 Å². The molecular formula is C14H21N5O3. The first kappa shape index (κ1) is 16.1. The van der Waals surface area contributed by atoms with Crippen LogP contribution in [0, 0.1) is 5.92 Å². The van der Waals surface area contributed by atoms with Crippen LogP contribution in [0.15, 0.2) is 4.79 Å². The summed E-state index contributed by atoms with van der Waals surface area (Å²) in [5, 5.41) is 16.6.